The normalized spacial score (nSPS) is 11.2. The number of methoxy groups -OCH3 is 8. The number of hydrogen-bond donors (Lipinski definition) is 2. The van der Waals surface area contributed by atoms with Crippen molar-refractivity contribution in [3.05, 3.63) is 117 Å². The lowest BCUT2D eigenvalue weighted by molar-refractivity contribution is 0.0555. The van der Waals surface area contributed by atoms with Crippen LogP contribution in [0.5, 0.6) is 0 Å². The number of benzene rings is 4. The first-order valence-electron chi connectivity index (χ1n) is 21.4. The number of carbonyl (C=O) groups is 8. The number of aromatic amines is 2. The van der Waals surface area contributed by atoms with Crippen molar-refractivity contribution in [1.82, 2.24) is 19.9 Å². The van der Waals surface area contributed by atoms with Crippen LogP contribution < -0.4 is 0 Å². The second kappa shape index (κ2) is 18.3. The van der Waals surface area contributed by atoms with Gasteiger partial charge >= 0.3 is 47.8 Å². The van der Waals surface area contributed by atoms with Crippen molar-refractivity contribution < 1.29 is 76.3 Å². The molecule has 0 spiro atoms. The third kappa shape index (κ3) is 7.66. The van der Waals surface area contributed by atoms with Gasteiger partial charge in [0, 0.05) is 65.9 Å². The number of fused-ring (bicyclic) bond motifs is 20. The minimum Gasteiger partial charge on any atom is -0.465 e. The molecule has 0 atom stereocenters. The molecule has 5 heterocycles. The van der Waals surface area contributed by atoms with Gasteiger partial charge in [0.15, 0.2) is 0 Å². The number of esters is 8. The molecule has 7 aromatic rings. The molecule has 8 bridgehead atoms. The summed E-state index contributed by atoms with van der Waals surface area (Å²) in [5, 5.41) is 1.45. The van der Waals surface area contributed by atoms with Gasteiger partial charge in [-0.2, -0.15) is 0 Å². The molecule has 0 radical (unpaired) electrons. The van der Waals surface area contributed by atoms with E-state index in [9.17, 15) is 38.4 Å². The predicted molar refractivity (Wildman–Crippen MR) is 256 cm³/mol. The second-order valence-electron chi connectivity index (χ2n) is 16.0. The lowest BCUT2D eigenvalue weighted by Crippen LogP contribution is -2.12. The Kier molecular flexibility index (Phi) is 12.0. The smallest absolute Gasteiger partial charge is 0.338 e. The summed E-state index contributed by atoms with van der Waals surface area (Å²) in [6.07, 6.45) is 0. The van der Waals surface area contributed by atoms with Crippen LogP contribution in [-0.4, -0.2) is 125 Å². The van der Waals surface area contributed by atoms with Crippen LogP contribution >= 0.6 is 0 Å². The van der Waals surface area contributed by atoms with Crippen molar-refractivity contribution >= 4 is 91.4 Å². The highest BCUT2D eigenvalue weighted by atomic mass is 16.5. The van der Waals surface area contributed by atoms with Crippen LogP contribution in [0.2, 0.25) is 0 Å². The van der Waals surface area contributed by atoms with Crippen molar-refractivity contribution in [2.45, 2.75) is 0 Å². The number of aromatic nitrogens is 4. The second-order valence-corrected chi connectivity index (χ2v) is 16.0. The highest BCUT2D eigenvalue weighted by Gasteiger charge is 2.30. The van der Waals surface area contributed by atoms with Gasteiger partial charge in [-0.25, -0.2) is 48.3 Å². The maximum Gasteiger partial charge on any atom is 0.338 e. The van der Waals surface area contributed by atoms with Crippen LogP contribution in [0.4, 0.5) is 0 Å². The van der Waals surface area contributed by atoms with Gasteiger partial charge in [0.1, 0.15) is 0 Å². The van der Waals surface area contributed by atoms with E-state index < -0.39 is 47.8 Å². The average molecular weight is 975 g/mol. The molecule has 0 aliphatic carbocycles. The van der Waals surface area contributed by atoms with Crippen LogP contribution in [0.15, 0.2) is 72.8 Å². The Morgan fingerprint density at radius 3 is 0.611 bits per heavy atom. The standard InChI is InChI=1S/C52H38N4O16/c1-65-45(57)29-9-21-22(10-30(29)46(58)66-2)38-18-40-25-13-33(49(61)69-5)34(50(62)70-6)14-26(25)42(55-40)20-44-28-16-36(52(64)72-8)35(51(63)71-7)15-27(28)43(56-44)19-41-24-12-32(48(60)68-4)31(47(59)67-3)11-23(24)39(54-41)17-37(21)53-38/h9-20,53,56H,1-8H3. The summed E-state index contributed by atoms with van der Waals surface area (Å²) < 4.78 is 40.7. The van der Waals surface area contributed by atoms with E-state index in [1.807, 2.05) is 0 Å². The van der Waals surface area contributed by atoms with Crippen LogP contribution in [0.3, 0.4) is 0 Å². The number of nitrogens with one attached hydrogen (secondary N) is 2. The first kappa shape index (κ1) is 47.4. The monoisotopic (exact) mass is 974 g/mol. The molecule has 362 valence electrons. The largest absolute Gasteiger partial charge is 0.465 e. The zero-order valence-corrected chi connectivity index (χ0v) is 39.4. The Balaban J connectivity index is 1.54. The number of rotatable bonds is 8. The minimum absolute atomic E-state index is 0.143. The highest BCUT2D eigenvalue weighted by molar-refractivity contribution is 6.18. The van der Waals surface area contributed by atoms with E-state index >= 15 is 0 Å². The lowest BCUT2D eigenvalue weighted by Gasteiger charge is -2.10. The summed E-state index contributed by atoms with van der Waals surface area (Å²) >= 11 is 0. The molecule has 0 saturated carbocycles. The van der Waals surface area contributed by atoms with Crippen molar-refractivity contribution in [2.75, 3.05) is 56.9 Å². The van der Waals surface area contributed by atoms with Gasteiger partial charge in [0.2, 0.25) is 0 Å². The summed E-state index contributed by atoms with van der Waals surface area (Å²) in [5.74, 6) is -6.85. The number of hydrogen-bond acceptors (Lipinski definition) is 18. The molecule has 3 aromatic heterocycles. The third-order valence-corrected chi connectivity index (χ3v) is 12.3. The van der Waals surface area contributed by atoms with Gasteiger partial charge in [0.25, 0.3) is 0 Å². The average Bonchev–Trinajstić information content (AvgIpc) is 4.13. The zero-order valence-electron chi connectivity index (χ0n) is 39.4. The van der Waals surface area contributed by atoms with Crippen LogP contribution in [0.25, 0.3) is 88.6 Å². The number of nitrogens with zero attached hydrogens (tertiary/aromatic N) is 2. The number of H-pyrrole nitrogens is 2. The quantitative estimate of drug-likeness (QED) is 0.110. The summed E-state index contributed by atoms with van der Waals surface area (Å²) in [4.78, 5) is 124. The summed E-state index contributed by atoms with van der Waals surface area (Å²) in [6.45, 7) is 0. The van der Waals surface area contributed by atoms with Crippen molar-refractivity contribution in [1.29, 1.82) is 0 Å². The fourth-order valence-electron chi connectivity index (χ4n) is 8.87. The maximum atomic E-state index is 13.3. The summed E-state index contributed by atoms with van der Waals surface area (Å²) in [7, 11) is 9.24. The molecule has 20 nitrogen and oxygen atoms in total. The fourth-order valence-corrected chi connectivity index (χ4v) is 8.87. The number of carbonyl (C=O) groups excluding carboxylic acids is 8. The molecule has 2 N–H and O–H groups in total. The molecule has 0 unspecified atom stereocenters. The first-order chi connectivity index (χ1) is 34.6. The third-order valence-electron chi connectivity index (χ3n) is 12.3. The van der Waals surface area contributed by atoms with Crippen LogP contribution in [0.1, 0.15) is 82.9 Å². The fraction of sp³-hybridized carbons (Fsp3) is 0.154. The molecule has 9 rings (SSSR count). The molecule has 20 heteroatoms. The van der Waals surface area contributed by atoms with Gasteiger partial charge in [-0.1, -0.05) is 0 Å². The van der Waals surface area contributed by atoms with E-state index in [0.717, 1.165) is 56.9 Å². The SMILES string of the molecule is COC(=O)c1cc2c(cc1C(=O)OC)-c1cc3[nH]c(cc4nc(cc5[nH]c(cc-2n1)c1cc(C(=O)OC)c(C(=O)OC)cc51)-c1cc(C(=O)OC)c(C(=O)OC)cc1-4)c1cc(C(=O)OC)c(C(=O)OC)cc31. The topological polar surface area (TPSA) is 268 Å². The minimum atomic E-state index is -0.858. The van der Waals surface area contributed by atoms with E-state index in [-0.39, 0.29) is 67.3 Å². The van der Waals surface area contributed by atoms with Gasteiger partial charge in [0.05, 0.1) is 124 Å². The predicted octanol–water partition coefficient (Wildman–Crippen LogP) is 7.58. The Morgan fingerprint density at radius 1 is 0.278 bits per heavy atom. The van der Waals surface area contributed by atoms with E-state index in [1.165, 1.54) is 48.5 Å². The van der Waals surface area contributed by atoms with E-state index in [0.29, 0.717) is 65.9 Å². The maximum absolute atomic E-state index is 13.3. The van der Waals surface area contributed by atoms with Crippen molar-refractivity contribution in [3.63, 3.8) is 0 Å². The van der Waals surface area contributed by atoms with E-state index in [1.54, 1.807) is 24.3 Å². The first-order valence-corrected chi connectivity index (χ1v) is 21.4. The van der Waals surface area contributed by atoms with Crippen LogP contribution in [-0.2, 0) is 37.9 Å². The Labute approximate surface area is 405 Å². The lowest BCUT2D eigenvalue weighted by atomic mass is 9.95. The Hall–Kier alpha value is -9.72. The summed E-state index contributed by atoms with van der Waals surface area (Å²) in [6, 6.07) is 17.9. The van der Waals surface area contributed by atoms with Gasteiger partial charge in [-0.05, 0) is 72.8 Å². The molecule has 0 amide bonds. The highest BCUT2D eigenvalue weighted by Crippen LogP contribution is 2.43. The Morgan fingerprint density at radius 2 is 0.444 bits per heavy atom. The Bertz CT molecular complexity index is 3330. The number of ether oxygens (including phenoxy) is 8. The molecule has 2 aliphatic rings. The molecular weight excluding hydrogens is 937 g/mol. The summed E-state index contributed by atoms with van der Waals surface area (Å²) in [5.41, 5.74) is 2.30. The van der Waals surface area contributed by atoms with E-state index in [4.69, 9.17) is 47.9 Å². The molecule has 0 fully saturated rings. The van der Waals surface area contributed by atoms with Gasteiger partial charge in [-0.15, -0.1) is 0 Å². The molecular formula is C52H38N4O16. The molecule has 0 saturated heterocycles. The molecule has 72 heavy (non-hydrogen) atoms. The van der Waals surface area contributed by atoms with Gasteiger partial charge in [-0.3, -0.25) is 0 Å². The van der Waals surface area contributed by atoms with Crippen LogP contribution in [0, 0.1) is 0 Å². The molecule has 2 aliphatic heterocycles. The van der Waals surface area contributed by atoms with Gasteiger partial charge < -0.3 is 47.9 Å². The van der Waals surface area contributed by atoms with Crippen molar-refractivity contribution in [2.24, 2.45) is 0 Å². The molecule has 4 aromatic carbocycles. The van der Waals surface area contributed by atoms with E-state index in [2.05, 4.69) is 9.97 Å². The zero-order chi connectivity index (χ0) is 51.4. The van der Waals surface area contributed by atoms with Crippen molar-refractivity contribution in [3.8, 4) is 45.0 Å².